The second-order valence-corrected chi connectivity index (χ2v) is 10.4. The fourth-order valence-corrected chi connectivity index (χ4v) is 5.09. The van der Waals surface area contributed by atoms with Crippen LogP contribution in [-0.2, 0) is 16.6 Å². The van der Waals surface area contributed by atoms with Gasteiger partial charge in [-0.1, -0.05) is 12.1 Å². The van der Waals surface area contributed by atoms with E-state index in [4.69, 9.17) is 0 Å². The molecule has 1 aliphatic rings. The van der Waals surface area contributed by atoms with Gasteiger partial charge in [0.1, 0.15) is 5.82 Å². The number of anilines is 1. The van der Waals surface area contributed by atoms with Gasteiger partial charge in [-0.05, 0) is 50.1 Å². The molecule has 8 nitrogen and oxygen atoms in total. The van der Waals surface area contributed by atoms with Gasteiger partial charge in [-0.3, -0.25) is 4.79 Å². The number of nitrogens with zero attached hydrogens (tertiary/aromatic N) is 4. The number of sulfonamides is 1. The summed E-state index contributed by atoms with van der Waals surface area (Å²) in [5, 5.41) is 2.98. The van der Waals surface area contributed by atoms with E-state index in [1.165, 1.54) is 20.2 Å². The molecule has 0 radical (unpaired) electrons. The van der Waals surface area contributed by atoms with Crippen LogP contribution >= 0.6 is 0 Å². The van der Waals surface area contributed by atoms with Crippen molar-refractivity contribution in [2.24, 2.45) is 0 Å². The van der Waals surface area contributed by atoms with Crippen molar-refractivity contribution in [2.75, 3.05) is 38.6 Å². The first-order chi connectivity index (χ1) is 15.3. The SMILES string of the molecule is Cc1nc2ccccc2n1CCNC(=O)c1cc(S(=O)(=O)N(C)C)ccc1N1CCCC1. The summed E-state index contributed by atoms with van der Waals surface area (Å²) < 4.78 is 28.5. The van der Waals surface area contributed by atoms with Gasteiger partial charge in [-0.15, -0.1) is 0 Å². The quantitative estimate of drug-likeness (QED) is 0.592. The maximum Gasteiger partial charge on any atom is 0.253 e. The molecule has 1 N–H and O–H groups in total. The van der Waals surface area contributed by atoms with Crippen molar-refractivity contribution in [3.05, 3.63) is 53.9 Å². The summed E-state index contributed by atoms with van der Waals surface area (Å²) in [7, 11) is -0.662. The number of aryl methyl sites for hydroxylation is 1. The van der Waals surface area contributed by atoms with Crippen molar-refractivity contribution >= 4 is 32.7 Å². The van der Waals surface area contributed by atoms with Crippen molar-refractivity contribution in [3.8, 4) is 0 Å². The van der Waals surface area contributed by atoms with Crippen molar-refractivity contribution in [1.29, 1.82) is 0 Å². The van der Waals surface area contributed by atoms with Crippen LogP contribution in [0.15, 0.2) is 47.4 Å². The summed E-state index contributed by atoms with van der Waals surface area (Å²) in [4.78, 5) is 20.0. The summed E-state index contributed by atoms with van der Waals surface area (Å²) in [6.45, 7) is 4.65. The van der Waals surface area contributed by atoms with E-state index in [0.29, 0.717) is 18.7 Å². The smallest absolute Gasteiger partial charge is 0.253 e. The van der Waals surface area contributed by atoms with Crippen LogP contribution in [0.25, 0.3) is 11.0 Å². The molecule has 0 spiro atoms. The van der Waals surface area contributed by atoms with Gasteiger partial charge in [0.05, 0.1) is 21.5 Å². The summed E-state index contributed by atoms with van der Waals surface area (Å²) in [5.74, 6) is 0.613. The third kappa shape index (κ3) is 4.22. The number of para-hydroxylation sites is 2. The standard InChI is InChI=1S/C23H29N5O3S/c1-17-25-20-8-4-5-9-22(20)28(17)15-12-24-23(29)19-16-18(32(30,31)26(2)3)10-11-21(19)27-13-6-7-14-27/h4-5,8-11,16H,6-7,12-15H2,1-3H3,(H,24,29). The molecule has 2 aromatic carbocycles. The lowest BCUT2D eigenvalue weighted by molar-refractivity contribution is 0.0952. The zero-order valence-corrected chi connectivity index (χ0v) is 19.5. The molecule has 1 aliphatic heterocycles. The third-order valence-corrected chi connectivity index (χ3v) is 7.72. The highest BCUT2D eigenvalue weighted by Crippen LogP contribution is 2.28. The van der Waals surface area contributed by atoms with Gasteiger partial charge in [-0.2, -0.15) is 0 Å². The maximum absolute atomic E-state index is 13.2. The average Bonchev–Trinajstić information content (AvgIpc) is 3.41. The molecule has 4 rings (SSSR count). The minimum atomic E-state index is -3.64. The topological polar surface area (TPSA) is 87.5 Å². The Morgan fingerprint density at radius 2 is 1.84 bits per heavy atom. The normalized spacial score (nSPS) is 14.4. The molecule has 1 fully saturated rings. The first kappa shape index (κ1) is 22.3. The lowest BCUT2D eigenvalue weighted by Crippen LogP contribution is -2.30. The molecule has 9 heteroatoms. The number of amides is 1. The number of imidazole rings is 1. The predicted molar refractivity (Wildman–Crippen MR) is 126 cm³/mol. The molecular formula is C23H29N5O3S. The number of nitrogens with one attached hydrogen (secondary N) is 1. The molecule has 32 heavy (non-hydrogen) atoms. The van der Waals surface area contributed by atoms with Gasteiger partial charge in [-0.25, -0.2) is 17.7 Å². The molecular weight excluding hydrogens is 426 g/mol. The first-order valence-electron chi connectivity index (χ1n) is 10.8. The van der Waals surface area contributed by atoms with Crippen LogP contribution in [-0.4, -0.2) is 61.9 Å². The highest BCUT2D eigenvalue weighted by Gasteiger charge is 2.24. The third-order valence-electron chi connectivity index (χ3n) is 5.90. The predicted octanol–water partition coefficient (Wildman–Crippen LogP) is 2.63. The number of benzene rings is 2. The van der Waals surface area contributed by atoms with E-state index in [0.717, 1.165) is 52.8 Å². The fraction of sp³-hybridized carbons (Fsp3) is 0.391. The monoisotopic (exact) mass is 455 g/mol. The Labute approximate surface area is 188 Å². The Morgan fingerprint density at radius 3 is 2.56 bits per heavy atom. The van der Waals surface area contributed by atoms with Gasteiger partial charge < -0.3 is 14.8 Å². The van der Waals surface area contributed by atoms with Crippen LogP contribution in [0.3, 0.4) is 0 Å². The second kappa shape index (κ2) is 8.91. The van der Waals surface area contributed by atoms with Gasteiger partial charge in [0.2, 0.25) is 10.0 Å². The lowest BCUT2D eigenvalue weighted by Gasteiger charge is -2.22. The molecule has 1 aromatic heterocycles. The van der Waals surface area contributed by atoms with E-state index in [1.54, 1.807) is 12.1 Å². The number of rotatable bonds is 7. The Balaban J connectivity index is 1.57. The van der Waals surface area contributed by atoms with Crippen LogP contribution in [0.4, 0.5) is 5.69 Å². The van der Waals surface area contributed by atoms with E-state index in [-0.39, 0.29) is 10.8 Å². The summed E-state index contributed by atoms with van der Waals surface area (Å²) >= 11 is 0. The van der Waals surface area contributed by atoms with Crippen molar-refractivity contribution < 1.29 is 13.2 Å². The molecule has 0 bridgehead atoms. The van der Waals surface area contributed by atoms with Crippen LogP contribution in [0.1, 0.15) is 29.0 Å². The molecule has 2 heterocycles. The largest absolute Gasteiger partial charge is 0.371 e. The van der Waals surface area contributed by atoms with Crippen LogP contribution in [0, 0.1) is 6.92 Å². The van der Waals surface area contributed by atoms with Crippen molar-refractivity contribution in [1.82, 2.24) is 19.2 Å². The summed E-state index contributed by atoms with van der Waals surface area (Å²) in [6, 6.07) is 12.7. The zero-order chi connectivity index (χ0) is 22.9. The van der Waals surface area contributed by atoms with Gasteiger partial charge in [0.15, 0.2) is 0 Å². The second-order valence-electron chi connectivity index (χ2n) is 8.22. The van der Waals surface area contributed by atoms with E-state index in [2.05, 4.69) is 19.8 Å². The zero-order valence-electron chi connectivity index (χ0n) is 18.7. The molecule has 170 valence electrons. The average molecular weight is 456 g/mol. The molecule has 3 aromatic rings. The Hall–Kier alpha value is -2.91. The minimum Gasteiger partial charge on any atom is -0.371 e. The maximum atomic E-state index is 13.2. The summed E-state index contributed by atoms with van der Waals surface area (Å²) in [5.41, 5.74) is 3.12. The minimum absolute atomic E-state index is 0.118. The highest BCUT2D eigenvalue weighted by atomic mass is 32.2. The lowest BCUT2D eigenvalue weighted by atomic mass is 10.1. The fourth-order valence-electron chi connectivity index (χ4n) is 4.16. The Bertz CT molecular complexity index is 1240. The van der Waals surface area contributed by atoms with Gasteiger partial charge in [0.25, 0.3) is 5.91 Å². The van der Waals surface area contributed by atoms with Gasteiger partial charge >= 0.3 is 0 Å². The number of carbonyl (C=O) groups excluding carboxylic acids is 1. The van der Waals surface area contributed by atoms with Crippen LogP contribution in [0.2, 0.25) is 0 Å². The first-order valence-corrected chi connectivity index (χ1v) is 12.2. The number of fused-ring (bicyclic) bond motifs is 1. The molecule has 0 saturated carbocycles. The molecule has 0 unspecified atom stereocenters. The summed E-state index contributed by atoms with van der Waals surface area (Å²) in [6.07, 6.45) is 2.12. The molecule has 0 atom stereocenters. The Kier molecular flexibility index (Phi) is 6.21. The number of hydrogen-bond acceptors (Lipinski definition) is 5. The van der Waals surface area contributed by atoms with Crippen LogP contribution < -0.4 is 10.2 Å². The van der Waals surface area contributed by atoms with Gasteiger partial charge in [0, 0.05) is 46.0 Å². The van der Waals surface area contributed by atoms with E-state index in [1.807, 2.05) is 31.2 Å². The molecule has 1 saturated heterocycles. The Morgan fingerprint density at radius 1 is 1.12 bits per heavy atom. The van der Waals surface area contributed by atoms with Crippen molar-refractivity contribution in [3.63, 3.8) is 0 Å². The highest BCUT2D eigenvalue weighted by molar-refractivity contribution is 7.89. The molecule has 0 aliphatic carbocycles. The molecule has 1 amide bonds. The number of carbonyl (C=O) groups is 1. The number of aromatic nitrogens is 2. The van der Waals surface area contributed by atoms with E-state index >= 15 is 0 Å². The number of hydrogen-bond donors (Lipinski definition) is 1. The van der Waals surface area contributed by atoms with Crippen LogP contribution in [0.5, 0.6) is 0 Å². The van der Waals surface area contributed by atoms with E-state index < -0.39 is 10.0 Å². The van der Waals surface area contributed by atoms with Crippen molar-refractivity contribution in [2.45, 2.75) is 31.2 Å². The van der Waals surface area contributed by atoms with E-state index in [9.17, 15) is 13.2 Å².